The summed E-state index contributed by atoms with van der Waals surface area (Å²) in [4.78, 5) is 0. The van der Waals surface area contributed by atoms with Gasteiger partial charge in [0.1, 0.15) is 11.6 Å². The fourth-order valence-electron chi connectivity index (χ4n) is 2.36. The molecule has 1 aliphatic heterocycles. The Balaban J connectivity index is 2.05. The Bertz CT molecular complexity index is 591. The number of fused-ring (bicyclic) bond motifs is 1. The maximum absolute atomic E-state index is 13.5. The zero-order chi connectivity index (χ0) is 12.7. The Morgan fingerprint density at radius 1 is 1.39 bits per heavy atom. The number of nitrogens with two attached hydrogens (primary N) is 1. The number of halogens is 1. The van der Waals surface area contributed by atoms with Gasteiger partial charge in [-0.05, 0) is 30.5 Å². The molecule has 0 bridgehead atoms. The molecular weight excluding hydrogens is 231 g/mol. The summed E-state index contributed by atoms with van der Waals surface area (Å²) in [5, 5.41) is 8.37. The van der Waals surface area contributed by atoms with E-state index in [4.69, 9.17) is 5.73 Å². The summed E-state index contributed by atoms with van der Waals surface area (Å²) in [5.41, 5.74) is 6.37. The lowest BCUT2D eigenvalue weighted by Gasteiger charge is -2.20. The van der Waals surface area contributed by atoms with Crippen LogP contribution >= 0.6 is 0 Å². The van der Waals surface area contributed by atoms with Crippen molar-refractivity contribution >= 4 is 5.69 Å². The van der Waals surface area contributed by atoms with Crippen LogP contribution in [-0.2, 0) is 13.0 Å². The molecule has 0 saturated heterocycles. The maximum Gasteiger partial charge on any atom is 0.164 e. The molecule has 1 atom stereocenters. The molecule has 94 valence electrons. The van der Waals surface area contributed by atoms with Gasteiger partial charge in [0.2, 0.25) is 0 Å². The Morgan fingerprint density at radius 2 is 2.22 bits per heavy atom. The van der Waals surface area contributed by atoms with E-state index in [1.165, 1.54) is 6.07 Å². The summed E-state index contributed by atoms with van der Waals surface area (Å²) in [5.74, 6) is 1.95. The summed E-state index contributed by atoms with van der Waals surface area (Å²) in [6.07, 6.45) is 2.04. The van der Waals surface area contributed by atoms with Gasteiger partial charge in [-0.2, -0.15) is 0 Å². The SMILES string of the molecule is CC1CCn2c(nnc2-c2ccc(N)c(F)c2)C1. The first-order valence-corrected chi connectivity index (χ1v) is 6.12. The Kier molecular flexibility index (Phi) is 2.54. The number of benzene rings is 1. The second-order valence-electron chi connectivity index (χ2n) is 4.93. The molecule has 2 heterocycles. The molecule has 5 heteroatoms. The van der Waals surface area contributed by atoms with Crippen LogP contribution in [0.4, 0.5) is 10.1 Å². The summed E-state index contributed by atoms with van der Waals surface area (Å²) in [6, 6.07) is 4.77. The highest BCUT2D eigenvalue weighted by Crippen LogP contribution is 2.26. The molecule has 1 aliphatic rings. The quantitative estimate of drug-likeness (QED) is 0.785. The molecule has 1 unspecified atom stereocenters. The molecule has 0 fully saturated rings. The number of hydrogen-bond donors (Lipinski definition) is 1. The zero-order valence-corrected chi connectivity index (χ0v) is 10.2. The molecular formula is C13H15FN4. The van der Waals surface area contributed by atoms with Gasteiger partial charge in [-0.25, -0.2) is 4.39 Å². The number of anilines is 1. The van der Waals surface area contributed by atoms with E-state index in [9.17, 15) is 4.39 Å². The number of hydrogen-bond acceptors (Lipinski definition) is 3. The Hall–Kier alpha value is -1.91. The highest BCUT2D eigenvalue weighted by atomic mass is 19.1. The molecule has 0 aliphatic carbocycles. The molecule has 0 saturated carbocycles. The minimum atomic E-state index is -0.408. The van der Waals surface area contributed by atoms with E-state index in [-0.39, 0.29) is 5.69 Å². The van der Waals surface area contributed by atoms with Gasteiger partial charge in [-0.3, -0.25) is 0 Å². The van der Waals surface area contributed by atoms with Crippen LogP contribution in [-0.4, -0.2) is 14.8 Å². The number of nitrogens with zero attached hydrogens (tertiary/aromatic N) is 3. The van der Waals surface area contributed by atoms with Gasteiger partial charge < -0.3 is 10.3 Å². The first-order chi connectivity index (χ1) is 8.65. The highest BCUT2D eigenvalue weighted by molar-refractivity contribution is 5.59. The average Bonchev–Trinajstić information content (AvgIpc) is 2.75. The Labute approximate surface area is 105 Å². The van der Waals surface area contributed by atoms with Crippen molar-refractivity contribution in [2.45, 2.75) is 26.3 Å². The smallest absolute Gasteiger partial charge is 0.164 e. The van der Waals surface area contributed by atoms with Crippen molar-refractivity contribution in [1.29, 1.82) is 0 Å². The third kappa shape index (κ3) is 1.75. The van der Waals surface area contributed by atoms with Gasteiger partial charge in [0.25, 0.3) is 0 Å². The number of aromatic nitrogens is 3. The summed E-state index contributed by atoms with van der Waals surface area (Å²) in [7, 11) is 0. The molecule has 4 nitrogen and oxygen atoms in total. The molecule has 1 aromatic carbocycles. The average molecular weight is 246 g/mol. The van der Waals surface area contributed by atoms with E-state index in [0.29, 0.717) is 5.92 Å². The summed E-state index contributed by atoms with van der Waals surface area (Å²) >= 11 is 0. The first kappa shape index (κ1) is 11.2. The van der Waals surface area contributed by atoms with Crippen LogP contribution in [0.1, 0.15) is 19.2 Å². The van der Waals surface area contributed by atoms with E-state index < -0.39 is 5.82 Å². The molecule has 18 heavy (non-hydrogen) atoms. The van der Waals surface area contributed by atoms with Crippen LogP contribution in [0.2, 0.25) is 0 Å². The van der Waals surface area contributed by atoms with E-state index in [0.717, 1.165) is 36.6 Å². The zero-order valence-electron chi connectivity index (χ0n) is 10.2. The van der Waals surface area contributed by atoms with Gasteiger partial charge >= 0.3 is 0 Å². The number of nitrogen functional groups attached to an aromatic ring is 1. The predicted molar refractivity (Wildman–Crippen MR) is 67.3 cm³/mol. The summed E-state index contributed by atoms with van der Waals surface area (Å²) in [6.45, 7) is 3.10. The number of rotatable bonds is 1. The van der Waals surface area contributed by atoms with Gasteiger partial charge in [-0.1, -0.05) is 6.92 Å². The highest BCUT2D eigenvalue weighted by Gasteiger charge is 2.21. The minimum Gasteiger partial charge on any atom is -0.396 e. The molecule has 3 rings (SSSR count). The molecule has 2 N–H and O–H groups in total. The second kappa shape index (κ2) is 4.08. The van der Waals surface area contributed by atoms with Crippen LogP contribution in [0, 0.1) is 11.7 Å². The van der Waals surface area contributed by atoms with Crippen molar-refractivity contribution in [3.8, 4) is 11.4 Å². The van der Waals surface area contributed by atoms with Gasteiger partial charge in [0.05, 0.1) is 5.69 Å². The summed E-state index contributed by atoms with van der Waals surface area (Å²) < 4.78 is 15.6. The predicted octanol–water partition coefficient (Wildman–Crippen LogP) is 2.25. The van der Waals surface area contributed by atoms with E-state index in [1.54, 1.807) is 12.1 Å². The van der Waals surface area contributed by atoms with Crippen molar-refractivity contribution in [3.63, 3.8) is 0 Å². The van der Waals surface area contributed by atoms with Crippen molar-refractivity contribution < 1.29 is 4.39 Å². The fraction of sp³-hybridized carbons (Fsp3) is 0.385. The topological polar surface area (TPSA) is 56.7 Å². The van der Waals surface area contributed by atoms with Crippen LogP contribution in [0.25, 0.3) is 11.4 Å². The van der Waals surface area contributed by atoms with Crippen LogP contribution in [0.15, 0.2) is 18.2 Å². The third-order valence-electron chi connectivity index (χ3n) is 3.46. The van der Waals surface area contributed by atoms with Crippen molar-refractivity contribution in [2.24, 2.45) is 5.92 Å². The first-order valence-electron chi connectivity index (χ1n) is 6.12. The van der Waals surface area contributed by atoms with Gasteiger partial charge in [0.15, 0.2) is 5.82 Å². The van der Waals surface area contributed by atoms with Crippen LogP contribution in [0.3, 0.4) is 0 Å². The molecule has 1 aromatic heterocycles. The fourth-order valence-corrected chi connectivity index (χ4v) is 2.36. The largest absolute Gasteiger partial charge is 0.396 e. The second-order valence-corrected chi connectivity index (χ2v) is 4.93. The van der Waals surface area contributed by atoms with E-state index in [1.807, 2.05) is 0 Å². The standard InChI is InChI=1S/C13H15FN4/c1-8-4-5-18-12(6-8)16-17-13(18)9-2-3-11(15)10(14)7-9/h2-3,7-8H,4-6,15H2,1H3. The van der Waals surface area contributed by atoms with Crippen molar-refractivity contribution in [2.75, 3.05) is 5.73 Å². The monoisotopic (exact) mass is 246 g/mol. The Morgan fingerprint density at radius 3 is 3.00 bits per heavy atom. The minimum absolute atomic E-state index is 0.158. The maximum atomic E-state index is 13.5. The van der Waals surface area contributed by atoms with Crippen molar-refractivity contribution in [3.05, 3.63) is 29.8 Å². The molecule has 0 spiro atoms. The van der Waals surface area contributed by atoms with Crippen molar-refractivity contribution in [1.82, 2.24) is 14.8 Å². The van der Waals surface area contributed by atoms with Gasteiger partial charge in [0, 0.05) is 18.5 Å². The molecule has 2 aromatic rings. The van der Waals surface area contributed by atoms with Crippen LogP contribution < -0.4 is 5.73 Å². The molecule has 0 radical (unpaired) electrons. The van der Waals surface area contributed by atoms with Crippen LogP contribution in [0.5, 0.6) is 0 Å². The van der Waals surface area contributed by atoms with Gasteiger partial charge in [-0.15, -0.1) is 10.2 Å². The lowest BCUT2D eigenvalue weighted by molar-refractivity contribution is 0.411. The lowest BCUT2D eigenvalue weighted by Crippen LogP contribution is -2.18. The van der Waals surface area contributed by atoms with E-state index >= 15 is 0 Å². The van der Waals surface area contributed by atoms with E-state index in [2.05, 4.69) is 21.7 Å². The third-order valence-corrected chi connectivity index (χ3v) is 3.46. The lowest BCUT2D eigenvalue weighted by atomic mass is 10.00. The molecule has 0 amide bonds. The normalized spacial score (nSPS) is 18.7.